The molecule has 1 N–H and O–H groups in total. The van der Waals surface area contributed by atoms with Gasteiger partial charge in [0.05, 0.1) is 19.3 Å². The van der Waals surface area contributed by atoms with Gasteiger partial charge in [-0.25, -0.2) is 0 Å². The van der Waals surface area contributed by atoms with Crippen molar-refractivity contribution in [3.8, 4) is 5.75 Å². The Morgan fingerprint density at radius 1 is 1.18 bits per heavy atom. The van der Waals surface area contributed by atoms with Crippen molar-refractivity contribution in [2.24, 2.45) is 0 Å². The van der Waals surface area contributed by atoms with Crippen LogP contribution < -0.4 is 10.1 Å². The first-order valence-electron chi connectivity index (χ1n) is 12.7. The lowest BCUT2D eigenvalue weighted by molar-refractivity contribution is -0.134. The topological polar surface area (TPSA) is 76.5 Å². The number of rotatable bonds is 6. The summed E-state index contributed by atoms with van der Waals surface area (Å²) in [6.45, 7) is 6.67. The van der Waals surface area contributed by atoms with Crippen LogP contribution in [0.5, 0.6) is 5.75 Å². The number of hydrogen-bond acceptors (Lipinski definition) is 4. The lowest BCUT2D eigenvalue weighted by Gasteiger charge is -2.44. The standard InChI is InChI=1S/C27H38N4O3/c1-19(2)23-16-24-25(32)30(17-20-11-10-14-22(15-20)34-4)27(3,18-31(24)29-23)26(33)28-21-12-8-6-5-7-9-13-21/h10-11,14-16,19,21H,5-9,12-13,17-18H2,1-4H3,(H,28,33). The molecule has 1 aliphatic heterocycles. The second-order valence-corrected chi connectivity index (χ2v) is 10.3. The molecule has 1 aromatic heterocycles. The van der Waals surface area contributed by atoms with E-state index >= 15 is 0 Å². The largest absolute Gasteiger partial charge is 0.497 e. The van der Waals surface area contributed by atoms with Crippen molar-refractivity contribution in [1.29, 1.82) is 0 Å². The van der Waals surface area contributed by atoms with E-state index in [1.807, 2.05) is 37.3 Å². The molecular formula is C27H38N4O3. The zero-order valence-electron chi connectivity index (χ0n) is 21.0. The molecule has 1 atom stereocenters. The van der Waals surface area contributed by atoms with E-state index < -0.39 is 5.54 Å². The van der Waals surface area contributed by atoms with E-state index in [0.29, 0.717) is 18.8 Å². The van der Waals surface area contributed by atoms with Crippen LogP contribution in [0, 0.1) is 0 Å². The molecule has 184 valence electrons. The molecule has 34 heavy (non-hydrogen) atoms. The zero-order valence-corrected chi connectivity index (χ0v) is 21.0. The van der Waals surface area contributed by atoms with Gasteiger partial charge in [-0.05, 0) is 49.4 Å². The van der Waals surface area contributed by atoms with Gasteiger partial charge in [-0.3, -0.25) is 14.3 Å². The van der Waals surface area contributed by atoms with Gasteiger partial charge in [0, 0.05) is 12.6 Å². The summed E-state index contributed by atoms with van der Waals surface area (Å²) in [5.41, 5.74) is 1.29. The first-order chi connectivity index (χ1) is 16.3. The third kappa shape index (κ3) is 4.98. The van der Waals surface area contributed by atoms with Crippen molar-refractivity contribution < 1.29 is 14.3 Å². The number of hydrogen-bond donors (Lipinski definition) is 1. The maximum Gasteiger partial charge on any atom is 0.273 e. The maximum atomic E-state index is 13.8. The fraction of sp³-hybridized carbons (Fsp3) is 0.593. The van der Waals surface area contributed by atoms with E-state index in [1.165, 1.54) is 19.3 Å². The quantitative estimate of drug-likeness (QED) is 0.672. The van der Waals surface area contributed by atoms with E-state index in [2.05, 4.69) is 19.2 Å². The van der Waals surface area contributed by atoms with Crippen molar-refractivity contribution in [3.63, 3.8) is 0 Å². The number of methoxy groups -OCH3 is 1. The fourth-order valence-electron chi connectivity index (χ4n) is 5.09. The van der Waals surface area contributed by atoms with Crippen molar-refractivity contribution in [2.45, 2.75) is 96.3 Å². The fourth-order valence-corrected chi connectivity index (χ4v) is 5.09. The molecule has 7 heteroatoms. The number of aromatic nitrogens is 2. The maximum absolute atomic E-state index is 13.8. The average Bonchev–Trinajstić information content (AvgIpc) is 3.22. The Morgan fingerprint density at radius 2 is 1.88 bits per heavy atom. The lowest BCUT2D eigenvalue weighted by Crippen LogP contribution is -2.64. The molecule has 1 aliphatic carbocycles. The van der Waals surface area contributed by atoms with Crippen molar-refractivity contribution in [2.75, 3.05) is 7.11 Å². The summed E-state index contributed by atoms with van der Waals surface area (Å²) in [6.07, 6.45) is 7.98. The van der Waals surface area contributed by atoms with Crippen LogP contribution in [0.1, 0.15) is 93.4 Å². The number of nitrogens with zero attached hydrogens (tertiary/aromatic N) is 3. The van der Waals surface area contributed by atoms with Gasteiger partial charge >= 0.3 is 0 Å². The lowest BCUT2D eigenvalue weighted by atomic mass is 9.91. The highest BCUT2D eigenvalue weighted by atomic mass is 16.5. The molecule has 0 spiro atoms. The summed E-state index contributed by atoms with van der Waals surface area (Å²) in [5.74, 6) is 0.674. The summed E-state index contributed by atoms with van der Waals surface area (Å²) >= 11 is 0. The van der Waals surface area contributed by atoms with Crippen LogP contribution in [0.15, 0.2) is 30.3 Å². The van der Waals surface area contributed by atoms with Crippen LogP contribution in [0.2, 0.25) is 0 Å². The molecule has 0 bridgehead atoms. The number of carbonyl (C=O) groups excluding carboxylic acids is 2. The van der Waals surface area contributed by atoms with Crippen LogP contribution in [0.25, 0.3) is 0 Å². The van der Waals surface area contributed by atoms with Gasteiger partial charge in [-0.2, -0.15) is 5.10 Å². The second kappa shape index (κ2) is 10.2. The highest BCUT2D eigenvalue weighted by Gasteiger charge is 2.48. The van der Waals surface area contributed by atoms with E-state index in [-0.39, 0.29) is 23.8 Å². The first kappa shape index (κ1) is 24.3. The van der Waals surface area contributed by atoms with Crippen LogP contribution in [-0.2, 0) is 17.9 Å². The smallest absolute Gasteiger partial charge is 0.273 e. The van der Waals surface area contributed by atoms with Gasteiger partial charge in [-0.15, -0.1) is 0 Å². The van der Waals surface area contributed by atoms with Gasteiger partial charge in [0.1, 0.15) is 17.0 Å². The van der Waals surface area contributed by atoms with Gasteiger partial charge in [0.15, 0.2) is 0 Å². The number of fused-ring (bicyclic) bond motifs is 1. The molecule has 2 amide bonds. The van der Waals surface area contributed by atoms with Gasteiger partial charge < -0.3 is 15.0 Å². The van der Waals surface area contributed by atoms with E-state index in [0.717, 1.165) is 42.7 Å². The second-order valence-electron chi connectivity index (χ2n) is 10.3. The number of nitrogens with one attached hydrogen (secondary N) is 1. The van der Waals surface area contributed by atoms with Gasteiger partial charge in [-0.1, -0.05) is 58.1 Å². The minimum atomic E-state index is -1.05. The Bertz CT molecular complexity index is 1020. The third-order valence-electron chi connectivity index (χ3n) is 7.31. The normalized spacial score (nSPS) is 21.7. The Labute approximate surface area is 202 Å². The summed E-state index contributed by atoms with van der Waals surface area (Å²) < 4.78 is 7.12. The Kier molecular flexibility index (Phi) is 7.29. The summed E-state index contributed by atoms with van der Waals surface area (Å²) in [7, 11) is 1.63. The Morgan fingerprint density at radius 3 is 2.56 bits per heavy atom. The number of ether oxygens (including phenoxy) is 1. The molecule has 1 unspecified atom stereocenters. The molecule has 7 nitrogen and oxygen atoms in total. The molecule has 2 aromatic rings. The third-order valence-corrected chi connectivity index (χ3v) is 7.31. The molecule has 1 aromatic carbocycles. The number of benzene rings is 1. The monoisotopic (exact) mass is 466 g/mol. The van der Waals surface area contributed by atoms with Gasteiger partial charge in [0.25, 0.3) is 5.91 Å². The number of amides is 2. The van der Waals surface area contributed by atoms with Crippen LogP contribution in [0.4, 0.5) is 0 Å². The molecule has 0 saturated heterocycles. The molecule has 4 rings (SSSR count). The molecule has 2 aliphatic rings. The average molecular weight is 467 g/mol. The van der Waals surface area contributed by atoms with E-state index in [1.54, 1.807) is 16.7 Å². The summed E-state index contributed by atoms with van der Waals surface area (Å²) in [4.78, 5) is 29.3. The van der Waals surface area contributed by atoms with Crippen LogP contribution >= 0.6 is 0 Å². The number of carbonyl (C=O) groups is 2. The zero-order chi connectivity index (χ0) is 24.3. The van der Waals surface area contributed by atoms with Crippen molar-refractivity contribution in [3.05, 3.63) is 47.3 Å². The van der Waals surface area contributed by atoms with Gasteiger partial charge in [0.2, 0.25) is 5.91 Å². The van der Waals surface area contributed by atoms with Crippen molar-refractivity contribution >= 4 is 11.8 Å². The van der Waals surface area contributed by atoms with Crippen LogP contribution in [0.3, 0.4) is 0 Å². The molecule has 2 heterocycles. The first-order valence-corrected chi connectivity index (χ1v) is 12.7. The predicted octanol–water partition coefficient (Wildman–Crippen LogP) is 4.66. The van der Waals surface area contributed by atoms with Crippen molar-refractivity contribution in [1.82, 2.24) is 20.0 Å². The highest BCUT2D eigenvalue weighted by molar-refractivity contribution is 5.99. The molecular weight excluding hydrogens is 428 g/mol. The Hall–Kier alpha value is -2.83. The Balaban J connectivity index is 1.66. The summed E-state index contributed by atoms with van der Waals surface area (Å²) in [6, 6.07) is 9.71. The minimum Gasteiger partial charge on any atom is -0.497 e. The van der Waals surface area contributed by atoms with E-state index in [9.17, 15) is 9.59 Å². The van der Waals surface area contributed by atoms with E-state index in [4.69, 9.17) is 9.84 Å². The SMILES string of the molecule is COc1cccc(CN2C(=O)c3cc(C(C)C)nn3CC2(C)C(=O)NC2CCCCCCC2)c1. The van der Waals surface area contributed by atoms with Crippen LogP contribution in [-0.4, -0.2) is 45.2 Å². The minimum absolute atomic E-state index is 0.0958. The molecule has 1 saturated carbocycles. The predicted molar refractivity (Wildman–Crippen MR) is 132 cm³/mol. The highest BCUT2D eigenvalue weighted by Crippen LogP contribution is 2.31. The molecule has 0 radical (unpaired) electrons. The summed E-state index contributed by atoms with van der Waals surface area (Å²) in [5, 5.41) is 8.01. The molecule has 1 fully saturated rings.